The number of imide groups is 1. The number of carbonyl (C=O) groups is 2. The molecule has 0 radical (unpaired) electrons. The maximum atomic E-state index is 12.9. The number of thioether (sulfide) groups is 1. The van der Waals surface area contributed by atoms with E-state index in [4.69, 9.17) is 27.9 Å². The van der Waals surface area contributed by atoms with Gasteiger partial charge in [-0.3, -0.25) is 24.6 Å². The van der Waals surface area contributed by atoms with Crippen LogP contribution in [-0.4, -0.2) is 21.0 Å². The molecule has 0 atom stereocenters. The zero-order valence-corrected chi connectivity index (χ0v) is 23.5. The highest BCUT2D eigenvalue weighted by atomic mass is 79.9. The lowest BCUT2D eigenvalue weighted by Crippen LogP contribution is -2.27. The quantitative estimate of drug-likeness (QED) is 0.143. The second kappa shape index (κ2) is 11.4. The first kappa shape index (κ1) is 26.7. The molecule has 184 valence electrons. The molecule has 0 saturated carbocycles. The third-order valence-electron chi connectivity index (χ3n) is 5.10. The molecule has 1 aliphatic heterocycles. The van der Waals surface area contributed by atoms with Crippen molar-refractivity contribution in [3.05, 3.63) is 105 Å². The predicted molar refractivity (Wildman–Crippen MR) is 147 cm³/mol. The summed E-state index contributed by atoms with van der Waals surface area (Å²) < 4.78 is 7.16. The summed E-state index contributed by atoms with van der Waals surface area (Å²) in [5.41, 5.74) is 1.53. The Bertz CT molecular complexity index is 1410. The minimum atomic E-state index is -0.538. The molecule has 4 rings (SSSR count). The van der Waals surface area contributed by atoms with E-state index in [-0.39, 0.29) is 29.3 Å². The standard InChI is InChI=1S/C24H14Br2Cl2N2O5S/c25-17-7-13(8-18(26)22(17)35-12-15-5-6-16(27)10-19(15)28)9-21-23(31)29(24(32)36-21)11-14-3-1-2-4-20(14)30(33)34/h1-10H,11-12H2/b21-9+. The summed E-state index contributed by atoms with van der Waals surface area (Å²) in [6.45, 7) is 0.0175. The highest BCUT2D eigenvalue weighted by Crippen LogP contribution is 2.39. The molecule has 1 fully saturated rings. The number of para-hydroxylation sites is 1. The molecule has 3 aromatic carbocycles. The Balaban J connectivity index is 1.52. The van der Waals surface area contributed by atoms with Gasteiger partial charge in [0.1, 0.15) is 12.4 Å². The van der Waals surface area contributed by atoms with E-state index in [1.54, 1.807) is 42.5 Å². The van der Waals surface area contributed by atoms with E-state index in [2.05, 4.69) is 31.9 Å². The lowest BCUT2D eigenvalue weighted by atomic mass is 10.1. The first-order chi connectivity index (χ1) is 17.1. The predicted octanol–water partition coefficient (Wildman–Crippen LogP) is 8.24. The summed E-state index contributed by atoms with van der Waals surface area (Å²) in [6.07, 6.45) is 1.58. The Morgan fingerprint density at radius 3 is 2.39 bits per heavy atom. The van der Waals surface area contributed by atoms with Crippen LogP contribution in [0.5, 0.6) is 5.75 Å². The molecular formula is C24H14Br2Cl2N2O5S. The van der Waals surface area contributed by atoms with E-state index in [9.17, 15) is 19.7 Å². The van der Waals surface area contributed by atoms with E-state index < -0.39 is 16.1 Å². The fourth-order valence-electron chi connectivity index (χ4n) is 3.37. The van der Waals surface area contributed by atoms with Crippen molar-refractivity contribution in [1.82, 2.24) is 4.90 Å². The van der Waals surface area contributed by atoms with Crippen LogP contribution in [0.15, 0.2) is 68.4 Å². The van der Waals surface area contributed by atoms with Crippen molar-refractivity contribution >= 4 is 89.7 Å². The van der Waals surface area contributed by atoms with Crippen LogP contribution in [0.4, 0.5) is 10.5 Å². The second-order valence-corrected chi connectivity index (χ2v) is 11.0. The van der Waals surface area contributed by atoms with Crippen LogP contribution >= 0.6 is 66.8 Å². The Morgan fingerprint density at radius 1 is 1.03 bits per heavy atom. The van der Waals surface area contributed by atoms with Crippen molar-refractivity contribution < 1.29 is 19.2 Å². The third kappa shape index (κ3) is 5.95. The summed E-state index contributed by atoms with van der Waals surface area (Å²) in [7, 11) is 0. The zero-order valence-electron chi connectivity index (χ0n) is 18.0. The van der Waals surface area contributed by atoms with Gasteiger partial charge < -0.3 is 4.74 Å². The monoisotopic (exact) mass is 670 g/mol. The molecule has 1 aliphatic rings. The maximum Gasteiger partial charge on any atom is 0.293 e. The molecule has 2 amide bonds. The number of hydrogen-bond donors (Lipinski definition) is 0. The number of hydrogen-bond acceptors (Lipinski definition) is 6. The van der Waals surface area contributed by atoms with Crippen LogP contribution in [0.1, 0.15) is 16.7 Å². The maximum absolute atomic E-state index is 12.9. The van der Waals surface area contributed by atoms with Gasteiger partial charge in [0, 0.05) is 27.2 Å². The third-order valence-corrected chi connectivity index (χ3v) is 7.77. The van der Waals surface area contributed by atoms with E-state index >= 15 is 0 Å². The lowest BCUT2D eigenvalue weighted by Gasteiger charge is -2.13. The number of nitrogens with zero attached hydrogens (tertiary/aromatic N) is 2. The largest absolute Gasteiger partial charge is 0.486 e. The number of carbonyl (C=O) groups excluding carboxylic acids is 2. The highest BCUT2D eigenvalue weighted by molar-refractivity contribution is 9.11. The molecule has 1 saturated heterocycles. The van der Waals surface area contributed by atoms with Crippen molar-refractivity contribution in [1.29, 1.82) is 0 Å². The summed E-state index contributed by atoms with van der Waals surface area (Å²) in [6, 6.07) is 14.7. The van der Waals surface area contributed by atoms with E-state index in [1.807, 2.05) is 0 Å². The summed E-state index contributed by atoms with van der Waals surface area (Å²) in [5, 5.41) is 11.8. The van der Waals surface area contributed by atoms with Gasteiger partial charge in [-0.2, -0.15) is 0 Å². The van der Waals surface area contributed by atoms with Gasteiger partial charge in [0.05, 0.1) is 25.3 Å². The van der Waals surface area contributed by atoms with E-state index in [1.165, 1.54) is 18.2 Å². The Labute approximate surface area is 236 Å². The van der Waals surface area contributed by atoms with Crippen molar-refractivity contribution in [2.75, 3.05) is 0 Å². The molecule has 0 unspecified atom stereocenters. The molecule has 0 aliphatic carbocycles. The van der Waals surface area contributed by atoms with Crippen molar-refractivity contribution in [2.45, 2.75) is 13.2 Å². The summed E-state index contributed by atoms with van der Waals surface area (Å²) in [4.78, 5) is 37.4. The van der Waals surface area contributed by atoms with E-state index in [0.29, 0.717) is 30.3 Å². The number of ether oxygens (including phenoxy) is 1. The highest BCUT2D eigenvalue weighted by Gasteiger charge is 2.36. The fraction of sp³-hybridized carbons (Fsp3) is 0.0833. The van der Waals surface area contributed by atoms with Crippen LogP contribution in [-0.2, 0) is 17.9 Å². The minimum absolute atomic E-state index is 0.149. The van der Waals surface area contributed by atoms with Crippen molar-refractivity contribution in [3.8, 4) is 5.75 Å². The topological polar surface area (TPSA) is 89.8 Å². The molecule has 0 spiro atoms. The average Bonchev–Trinajstić information content (AvgIpc) is 3.07. The smallest absolute Gasteiger partial charge is 0.293 e. The second-order valence-electron chi connectivity index (χ2n) is 7.49. The Hall–Kier alpha value is -2.37. The van der Waals surface area contributed by atoms with Gasteiger partial charge in [0.2, 0.25) is 0 Å². The molecule has 3 aromatic rings. The minimum Gasteiger partial charge on any atom is -0.486 e. The fourth-order valence-corrected chi connectivity index (χ4v) is 6.12. The first-order valence-corrected chi connectivity index (χ1v) is 13.3. The van der Waals surface area contributed by atoms with Crippen LogP contribution in [0, 0.1) is 10.1 Å². The summed E-state index contributed by atoms with van der Waals surface area (Å²) in [5.74, 6) is 0.00996. The molecule has 0 bridgehead atoms. The van der Waals surface area contributed by atoms with E-state index in [0.717, 1.165) is 22.2 Å². The van der Waals surface area contributed by atoms with Gasteiger partial charge in [0.25, 0.3) is 16.8 Å². The van der Waals surface area contributed by atoms with Gasteiger partial charge in [-0.05, 0) is 79.5 Å². The van der Waals surface area contributed by atoms with Crippen LogP contribution in [0.3, 0.4) is 0 Å². The molecule has 1 heterocycles. The van der Waals surface area contributed by atoms with Gasteiger partial charge in [-0.15, -0.1) is 0 Å². The van der Waals surface area contributed by atoms with Crippen LogP contribution in [0.2, 0.25) is 10.0 Å². The number of nitro benzene ring substituents is 1. The normalized spacial score (nSPS) is 14.6. The van der Waals surface area contributed by atoms with Crippen molar-refractivity contribution in [3.63, 3.8) is 0 Å². The van der Waals surface area contributed by atoms with Gasteiger partial charge >= 0.3 is 0 Å². The molecule has 0 N–H and O–H groups in total. The molecule has 7 nitrogen and oxygen atoms in total. The number of halogens is 4. The summed E-state index contributed by atoms with van der Waals surface area (Å²) >= 11 is 19.9. The van der Waals surface area contributed by atoms with Gasteiger partial charge in [-0.25, -0.2) is 0 Å². The van der Waals surface area contributed by atoms with Crippen LogP contribution in [0.25, 0.3) is 6.08 Å². The number of amides is 2. The first-order valence-electron chi connectivity index (χ1n) is 10.2. The average molecular weight is 673 g/mol. The molecule has 0 aromatic heterocycles. The Kier molecular flexibility index (Phi) is 8.41. The molecular weight excluding hydrogens is 659 g/mol. The SMILES string of the molecule is O=C1S/C(=C/c2cc(Br)c(OCc3ccc(Cl)cc3Cl)c(Br)c2)C(=O)N1Cc1ccccc1[N+](=O)[O-]. The molecule has 12 heteroatoms. The zero-order chi connectivity index (χ0) is 26.0. The lowest BCUT2D eigenvalue weighted by molar-refractivity contribution is -0.385. The Morgan fingerprint density at radius 2 is 1.72 bits per heavy atom. The van der Waals surface area contributed by atoms with Crippen LogP contribution < -0.4 is 4.74 Å². The van der Waals surface area contributed by atoms with Crippen molar-refractivity contribution in [2.24, 2.45) is 0 Å². The number of nitro groups is 1. The number of rotatable bonds is 7. The number of benzene rings is 3. The van der Waals surface area contributed by atoms with Gasteiger partial charge in [-0.1, -0.05) is 47.5 Å². The molecule has 36 heavy (non-hydrogen) atoms. The van der Waals surface area contributed by atoms with Gasteiger partial charge in [0.15, 0.2) is 0 Å².